The van der Waals surface area contributed by atoms with E-state index < -0.39 is 10.0 Å². The van der Waals surface area contributed by atoms with Gasteiger partial charge in [0.05, 0.1) is 23.4 Å². The fourth-order valence-corrected chi connectivity index (χ4v) is 3.51. The number of hydrogen-bond donors (Lipinski definition) is 0. The predicted molar refractivity (Wildman–Crippen MR) is 86.4 cm³/mol. The first-order chi connectivity index (χ1) is 10.9. The van der Waals surface area contributed by atoms with Crippen LogP contribution >= 0.6 is 11.6 Å². The van der Waals surface area contributed by atoms with Gasteiger partial charge in [0.2, 0.25) is 21.8 Å². The number of benzene rings is 1. The Morgan fingerprint density at radius 1 is 1.17 bits per heavy atom. The van der Waals surface area contributed by atoms with Crippen LogP contribution in [0, 0.1) is 0 Å². The molecule has 0 aliphatic carbocycles. The minimum atomic E-state index is -3.12. The van der Waals surface area contributed by atoms with Crippen LogP contribution in [0.5, 0.6) is 0 Å². The van der Waals surface area contributed by atoms with E-state index in [2.05, 4.69) is 15.1 Å². The molecule has 0 radical (unpaired) electrons. The lowest BCUT2D eigenvalue weighted by Gasteiger charge is -2.32. The van der Waals surface area contributed by atoms with Gasteiger partial charge in [-0.05, 0) is 12.1 Å². The van der Waals surface area contributed by atoms with E-state index in [1.807, 2.05) is 18.2 Å². The van der Waals surface area contributed by atoms with Gasteiger partial charge in [-0.15, -0.1) is 10.2 Å². The van der Waals surface area contributed by atoms with Crippen LogP contribution in [0.15, 0.2) is 28.7 Å². The molecule has 1 aromatic carbocycles. The second-order valence-electron chi connectivity index (χ2n) is 5.42. The summed E-state index contributed by atoms with van der Waals surface area (Å²) in [5.41, 5.74) is 0.704. The van der Waals surface area contributed by atoms with Gasteiger partial charge < -0.3 is 4.42 Å². The van der Waals surface area contributed by atoms with Gasteiger partial charge in [0, 0.05) is 26.2 Å². The Morgan fingerprint density at radius 3 is 2.52 bits per heavy atom. The highest BCUT2D eigenvalue weighted by molar-refractivity contribution is 7.88. The second-order valence-corrected chi connectivity index (χ2v) is 7.81. The summed E-state index contributed by atoms with van der Waals surface area (Å²) in [6.45, 7) is 2.72. The maximum atomic E-state index is 11.5. The molecule has 1 aliphatic heterocycles. The summed E-state index contributed by atoms with van der Waals surface area (Å²) in [6, 6.07) is 7.29. The average molecular weight is 357 g/mol. The van der Waals surface area contributed by atoms with Gasteiger partial charge in [0.25, 0.3) is 0 Å². The number of rotatable bonds is 4. The number of sulfonamides is 1. The zero-order chi connectivity index (χ0) is 16.4. The van der Waals surface area contributed by atoms with Crippen molar-refractivity contribution in [3.8, 4) is 11.5 Å². The number of piperazine rings is 1. The van der Waals surface area contributed by atoms with Crippen LogP contribution in [0.2, 0.25) is 5.02 Å². The number of hydrogen-bond acceptors (Lipinski definition) is 6. The van der Waals surface area contributed by atoms with Gasteiger partial charge in [-0.3, -0.25) is 4.90 Å². The summed E-state index contributed by atoms with van der Waals surface area (Å²) >= 11 is 6.12. The summed E-state index contributed by atoms with van der Waals surface area (Å²) < 4.78 is 30.1. The highest BCUT2D eigenvalue weighted by Gasteiger charge is 2.24. The Labute approximate surface area is 139 Å². The number of nitrogens with zero attached hydrogens (tertiary/aromatic N) is 4. The molecule has 2 heterocycles. The zero-order valence-electron chi connectivity index (χ0n) is 12.6. The van der Waals surface area contributed by atoms with E-state index in [4.69, 9.17) is 16.0 Å². The largest absolute Gasteiger partial charge is 0.419 e. The molecular formula is C14H17ClN4O3S. The molecule has 9 heteroatoms. The van der Waals surface area contributed by atoms with Gasteiger partial charge in [-0.25, -0.2) is 8.42 Å². The van der Waals surface area contributed by atoms with E-state index in [-0.39, 0.29) is 0 Å². The SMILES string of the molecule is CS(=O)(=O)N1CCN(Cc2nnc(-c3ccccc3Cl)o2)CC1. The third-order valence-electron chi connectivity index (χ3n) is 3.73. The molecule has 0 amide bonds. The lowest BCUT2D eigenvalue weighted by molar-refractivity contribution is 0.169. The molecule has 1 saturated heterocycles. The summed E-state index contributed by atoms with van der Waals surface area (Å²) in [7, 11) is -3.12. The molecule has 7 nitrogen and oxygen atoms in total. The fraction of sp³-hybridized carbons (Fsp3) is 0.429. The standard InChI is InChI=1S/C14H17ClN4O3S/c1-23(20,21)19-8-6-18(7-9-19)10-13-16-17-14(22-13)11-4-2-3-5-12(11)15/h2-5H,6-10H2,1H3. The Hall–Kier alpha value is -1.48. The fourth-order valence-electron chi connectivity index (χ4n) is 2.47. The maximum Gasteiger partial charge on any atom is 0.249 e. The van der Waals surface area contributed by atoms with Crippen LogP contribution in [0.3, 0.4) is 0 Å². The van der Waals surface area contributed by atoms with E-state index in [0.29, 0.717) is 55.1 Å². The second kappa shape index (κ2) is 6.56. The van der Waals surface area contributed by atoms with Crippen LogP contribution < -0.4 is 0 Å². The molecule has 0 N–H and O–H groups in total. The minimum absolute atomic E-state index is 0.389. The van der Waals surface area contributed by atoms with Crippen LogP contribution in [0.4, 0.5) is 0 Å². The molecule has 0 spiro atoms. The highest BCUT2D eigenvalue weighted by atomic mass is 35.5. The third-order valence-corrected chi connectivity index (χ3v) is 5.36. The molecule has 1 fully saturated rings. The first-order valence-corrected chi connectivity index (χ1v) is 9.41. The topological polar surface area (TPSA) is 79.5 Å². The van der Waals surface area contributed by atoms with Crippen LogP contribution in [-0.4, -0.2) is 60.3 Å². The average Bonchev–Trinajstić information content (AvgIpc) is 2.95. The van der Waals surface area contributed by atoms with Crippen molar-refractivity contribution in [2.45, 2.75) is 6.54 Å². The van der Waals surface area contributed by atoms with E-state index in [0.717, 1.165) is 0 Å². The lowest BCUT2D eigenvalue weighted by atomic mass is 10.2. The van der Waals surface area contributed by atoms with E-state index in [1.165, 1.54) is 10.6 Å². The summed E-state index contributed by atoms with van der Waals surface area (Å²) in [5.74, 6) is 0.882. The highest BCUT2D eigenvalue weighted by Crippen LogP contribution is 2.26. The van der Waals surface area contributed by atoms with Crippen molar-refractivity contribution in [1.29, 1.82) is 0 Å². The Kier molecular flexibility index (Phi) is 4.67. The zero-order valence-corrected chi connectivity index (χ0v) is 14.2. The quantitative estimate of drug-likeness (QED) is 0.825. The Morgan fingerprint density at radius 2 is 1.87 bits per heavy atom. The predicted octanol–water partition coefficient (Wildman–Crippen LogP) is 1.47. The van der Waals surface area contributed by atoms with E-state index in [1.54, 1.807) is 6.07 Å². The van der Waals surface area contributed by atoms with Crippen LogP contribution in [-0.2, 0) is 16.6 Å². The lowest BCUT2D eigenvalue weighted by Crippen LogP contribution is -2.47. The van der Waals surface area contributed by atoms with Crippen molar-refractivity contribution in [3.05, 3.63) is 35.2 Å². The number of halogens is 1. The van der Waals surface area contributed by atoms with Crippen molar-refractivity contribution in [2.75, 3.05) is 32.4 Å². The van der Waals surface area contributed by atoms with Gasteiger partial charge in [0.1, 0.15) is 0 Å². The molecule has 1 aromatic heterocycles. The minimum Gasteiger partial charge on any atom is -0.419 e. The van der Waals surface area contributed by atoms with Crippen molar-refractivity contribution < 1.29 is 12.8 Å². The molecule has 3 rings (SSSR count). The molecule has 0 unspecified atom stereocenters. The smallest absolute Gasteiger partial charge is 0.249 e. The molecule has 0 atom stereocenters. The summed E-state index contributed by atoms with van der Waals surface area (Å²) in [4.78, 5) is 2.09. The van der Waals surface area contributed by atoms with Crippen molar-refractivity contribution in [3.63, 3.8) is 0 Å². The van der Waals surface area contributed by atoms with Gasteiger partial charge in [0.15, 0.2) is 0 Å². The Bertz CT molecular complexity index is 785. The normalized spacial score (nSPS) is 17.5. The van der Waals surface area contributed by atoms with Gasteiger partial charge in [-0.2, -0.15) is 4.31 Å². The summed E-state index contributed by atoms with van der Waals surface area (Å²) in [6.07, 6.45) is 1.23. The van der Waals surface area contributed by atoms with Crippen molar-refractivity contribution in [1.82, 2.24) is 19.4 Å². The van der Waals surface area contributed by atoms with Gasteiger partial charge >= 0.3 is 0 Å². The van der Waals surface area contributed by atoms with Crippen LogP contribution in [0.1, 0.15) is 5.89 Å². The monoisotopic (exact) mass is 356 g/mol. The molecule has 124 valence electrons. The Balaban J connectivity index is 1.64. The molecule has 0 bridgehead atoms. The maximum absolute atomic E-state index is 11.5. The molecular weight excluding hydrogens is 340 g/mol. The van der Waals surface area contributed by atoms with E-state index >= 15 is 0 Å². The van der Waals surface area contributed by atoms with Crippen molar-refractivity contribution in [2.24, 2.45) is 0 Å². The van der Waals surface area contributed by atoms with E-state index in [9.17, 15) is 8.42 Å². The molecule has 23 heavy (non-hydrogen) atoms. The molecule has 0 saturated carbocycles. The molecule has 2 aromatic rings. The molecule has 1 aliphatic rings. The number of aromatic nitrogens is 2. The third kappa shape index (κ3) is 3.89. The van der Waals surface area contributed by atoms with Crippen molar-refractivity contribution >= 4 is 21.6 Å². The first-order valence-electron chi connectivity index (χ1n) is 7.18. The summed E-state index contributed by atoms with van der Waals surface area (Å²) in [5, 5.41) is 8.64. The van der Waals surface area contributed by atoms with Gasteiger partial charge in [-0.1, -0.05) is 23.7 Å². The first kappa shape index (κ1) is 16.4. The van der Waals surface area contributed by atoms with Crippen LogP contribution in [0.25, 0.3) is 11.5 Å².